The van der Waals surface area contributed by atoms with Crippen LogP contribution in [0.25, 0.3) is 0 Å². The van der Waals surface area contributed by atoms with Crippen LogP contribution in [0.1, 0.15) is 18.4 Å². The Morgan fingerprint density at radius 2 is 1.90 bits per heavy atom. The topological polar surface area (TPSA) is 59.7 Å². The van der Waals surface area contributed by atoms with E-state index in [1.807, 2.05) is 30.3 Å². The molecule has 1 atom stereocenters. The fourth-order valence-corrected chi connectivity index (χ4v) is 4.01. The Morgan fingerprint density at radius 1 is 1.17 bits per heavy atom. The van der Waals surface area contributed by atoms with Gasteiger partial charge in [0.25, 0.3) is 5.91 Å². The lowest BCUT2D eigenvalue weighted by atomic mass is 9.89. The molecule has 1 amide bonds. The number of aliphatic imine (C=N–C) groups is 1. The number of allylic oxidation sites excluding steroid dienone is 4. The minimum Gasteiger partial charge on any atom is -0.369 e. The Hall–Kier alpha value is -2.75. The quantitative estimate of drug-likeness (QED) is 0.718. The van der Waals surface area contributed by atoms with Crippen LogP contribution in [0, 0.1) is 17.2 Å². The summed E-state index contributed by atoms with van der Waals surface area (Å²) in [5.74, 6) is -1.66. The molecule has 2 heterocycles. The van der Waals surface area contributed by atoms with Gasteiger partial charge >= 0.3 is 0 Å². The Balaban J connectivity index is 0.00000256. The first-order valence-corrected chi connectivity index (χ1v) is 9.98. The van der Waals surface area contributed by atoms with Gasteiger partial charge in [0.05, 0.1) is 11.6 Å². The standard InChI is InChI=1S/C23H23FN4O.ClH/c24-21-5-1-3-18-15-19(26-23(29)22(18)21)4-2-10-27-11-13-28(14-12-27)20-8-6-17(16-25)7-9-20;/h1,3,5-9,15,22H,2,4,10-14H2;1H. The van der Waals surface area contributed by atoms with E-state index in [1.165, 1.54) is 6.08 Å². The molecule has 30 heavy (non-hydrogen) atoms. The molecule has 1 saturated heterocycles. The van der Waals surface area contributed by atoms with Crippen LogP contribution in [0.2, 0.25) is 0 Å². The van der Waals surface area contributed by atoms with E-state index in [2.05, 4.69) is 20.9 Å². The largest absolute Gasteiger partial charge is 0.369 e. The van der Waals surface area contributed by atoms with Crippen LogP contribution in [-0.2, 0) is 4.79 Å². The summed E-state index contributed by atoms with van der Waals surface area (Å²) < 4.78 is 13.8. The summed E-state index contributed by atoms with van der Waals surface area (Å²) in [6.07, 6.45) is 8.26. The van der Waals surface area contributed by atoms with Gasteiger partial charge in [-0.25, -0.2) is 9.38 Å². The molecule has 1 aromatic carbocycles. The monoisotopic (exact) mass is 426 g/mol. The smallest absolute Gasteiger partial charge is 0.260 e. The number of halogens is 2. The van der Waals surface area contributed by atoms with Crippen LogP contribution >= 0.6 is 12.4 Å². The zero-order chi connectivity index (χ0) is 20.2. The molecule has 0 saturated carbocycles. The van der Waals surface area contributed by atoms with Gasteiger partial charge in [-0.2, -0.15) is 5.26 Å². The van der Waals surface area contributed by atoms with Crippen LogP contribution in [0.4, 0.5) is 10.1 Å². The normalized spacial score (nSPS) is 21.1. The average molecular weight is 427 g/mol. The number of nitrogens with zero attached hydrogens (tertiary/aromatic N) is 4. The highest BCUT2D eigenvalue weighted by atomic mass is 35.5. The van der Waals surface area contributed by atoms with Crippen molar-refractivity contribution in [2.75, 3.05) is 37.6 Å². The summed E-state index contributed by atoms with van der Waals surface area (Å²) in [6.45, 7) is 4.81. The van der Waals surface area contributed by atoms with E-state index in [9.17, 15) is 9.18 Å². The Bertz CT molecular complexity index is 950. The molecule has 5 nitrogen and oxygen atoms in total. The van der Waals surface area contributed by atoms with Gasteiger partial charge in [-0.05, 0) is 61.4 Å². The van der Waals surface area contributed by atoms with Crippen molar-refractivity contribution in [1.29, 1.82) is 5.26 Å². The van der Waals surface area contributed by atoms with Crippen LogP contribution in [0.15, 0.2) is 65.0 Å². The molecule has 4 rings (SSSR count). The third-order valence-corrected chi connectivity index (χ3v) is 5.63. The molecule has 0 radical (unpaired) electrons. The molecule has 0 spiro atoms. The van der Waals surface area contributed by atoms with Crippen molar-refractivity contribution in [1.82, 2.24) is 4.90 Å². The molecule has 1 aromatic rings. The number of fused-ring (bicyclic) bond motifs is 1. The van der Waals surface area contributed by atoms with Gasteiger partial charge in [-0.3, -0.25) is 9.69 Å². The second kappa shape index (κ2) is 9.84. The highest BCUT2D eigenvalue weighted by molar-refractivity contribution is 6.08. The van der Waals surface area contributed by atoms with Crippen LogP contribution in [-0.4, -0.2) is 49.2 Å². The predicted molar refractivity (Wildman–Crippen MR) is 119 cm³/mol. The second-order valence-electron chi connectivity index (χ2n) is 7.52. The Kier molecular flexibility index (Phi) is 7.20. The Morgan fingerprint density at radius 3 is 2.60 bits per heavy atom. The molecule has 7 heteroatoms. The van der Waals surface area contributed by atoms with E-state index >= 15 is 0 Å². The molecular formula is C23H24ClFN4O. The number of carbonyl (C=O) groups is 1. The highest BCUT2D eigenvalue weighted by Gasteiger charge is 2.30. The maximum Gasteiger partial charge on any atom is 0.260 e. The highest BCUT2D eigenvalue weighted by Crippen LogP contribution is 2.31. The summed E-state index contributed by atoms with van der Waals surface area (Å²) >= 11 is 0. The fraction of sp³-hybridized carbons (Fsp3) is 0.348. The summed E-state index contributed by atoms with van der Waals surface area (Å²) in [6, 6.07) is 9.87. The Labute approximate surface area is 182 Å². The van der Waals surface area contributed by atoms with Crippen molar-refractivity contribution in [3.63, 3.8) is 0 Å². The summed E-state index contributed by atoms with van der Waals surface area (Å²) in [7, 11) is 0. The number of amides is 1. The lowest BCUT2D eigenvalue weighted by Gasteiger charge is -2.36. The van der Waals surface area contributed by atoms with Crippen molar-refractivity contribution in [3.8, 4) is 6.07 Å². The third-order valence-electron chi connectivity index (χ3n) is 5.63. The third kappa shape index (κ3) is 4.86. The minimum atomic E-state index is -0.834. The molecule has 0 N–H and O–H groups in total. The fourth-order valence-electron chi connectivity index (χ4n) is 4.01. The predicted octanol–water partition coefficient (Wildman–Crippen LogP) is 3.83. The lowest BCUT2D eigenvalue weighted by Crippen LogP contribution is -2.46. The van der Waals surface area contributed by atoms with Crippen molar-refractivity contribution in [2.24, 2.45) is 10.9 Å². The molecule has 1 unspecified atom stereocenters. The van der Waals surface area contributed by atoms with Gasteiger partial charge in [0.2, 0.25) is 0 Å². The molecular weight excluding hydrogens is 403 g/mol. The SMILES string of the molecule is Cl.N#Cc1ccc(N2CCN(CCCC3=NC(=O)C4C(F)=CC=CC4=C3)CC2)cc1. The van der Waals surface area contributed by atoms with Gasteiger partial charge in [0.1, 0.15) is 11.7 Å². The first-order valence-electron chi connectivity index (χ1n) is 9.98. The molecule has 3 aliphatic rings. The number of piperazine rings is 1. The average Bonchev–Trinajstić information content (AvgIpc) is 2.74. The molecule has 156 valence electrons. The minimum absolute atomic E-state index is 0. The van der Waals surface area contributed by atoms with E-state index < -0.39 is 17.7 Å². The van der Waals surface area contributed by atoms with Crippen LogP contribution in [0.5, 0.6) is 0 Å². The van der Waals surface area contributed by atoms with Crippen molar-refractivity contribution < 1.29 is 9.18 Å². The zero-order valence-corrected chi connectivity index (χ0v) is 17.4. The number of dihydropyridines is 1. The van der Waals surface area contributed by atoms with Gasteiger partial charge in [-0.15, -0.1) is 12.4 Å². The number of rotatable bonds is 5. The van der Waals surface area contributed by atoms with E-state index in [1.54, 1.807) is 12.2 Å². The van der Waals surface area contributed by atoms with Crippen molar-refractivity contribution in [3.05, 3.63) is 65.5 Å². The summed E-state index contributed by atoms with van der Waals surface area (Å²) in [4.78, 5) is 21.0. The van der Waals surface area contributed by atoms with E-state index in [0.29, 0.717) is 11.1 Å². The molecule has 1 fully saturated rings. The summed E-state index contributed by atoms with van der Waals surface area (Å²) in [5.41, 5.74) is 3.29. The lowest BCUT2D eigenvalue weighted by molar-refractivity contribution is -0.119. The number of hydrogen-bond donors (Lipinski definition) is 0. The number of anilines is 1. The van der Waals surface area contributed by atoms with Gasteiger partial charge in [0, 0.05) is 37.6 Å². The number of benzene rings is 1. The number of carbonyl (C=O) groups excluding carboxylic acids is 1. The van der Waals surface area contributed by atoms with E-state index in [0.717, 1.165) is 57.0 Å². The first kappa shape index (κ1) is 21.9. The number of nitriles is 1. The molecule has 1 aliphatic carbocycles. The second-order valence-corrected chi connectivity index (χ2v) is 7.52. The maximum absolute atomic E-state index is 13.8. The zero-order valence-electron chi connectivity index (χ0n) is 16.6. The van der Waals surface area contributed by atoms with Crippen LogP contribution < -0.4 is 4.90 Å². The van der Waals surface area contributed by atoms with Gasteiger partial charge in [0.15, 0.2) is 0 Å². The molecule has 0 bridgehead atoms. The molecule has 0 aromatic heterocycles. The maximum atomic E-state index is 13.8. The van der Waals surface area contributed by atoms with E-state index in [-0.39, 0.29) is 12.4 Å². The van der Waals surface area contributed by atoms with Crippen LogP contribution in [0.3, 0.4) is 0 Å². The molecule has 2 aliphatic heterocycles. The van der Waals surface area contributed by atoms with E-state index in [4.69, 9.17) is 5.26 Å². The van der Waals surface area contributed by atoms with Gasteiger partial charge < -0.3 is 4.90 Å². The number of hydrogen-bond acceptors (Lipinski definition) is 4. The van der Waals surface area contributed by atoms with Crippen molar-refractivity contribution in [2.45, 2.75) is 12.8 Å². The first-order chi connectivity index (χ1) is 14.1. The van der Waals surface area contributed by atoms with Gasteiger partial charge in [-0.1, -0.05) is 12.2 Å². The van der Waals surface area contributed by atoms with Crippen molar-refractivity contribution >= 4 is 29.7 Å². The summed E-state index contributed by atoms with van der Waals surface area (Å²) in [5, 5.41) is 8.91.